The molecular weight excluding hydrogens is 248 g/mol. The van der Waals surface area contributed by atoms with Gasteiger partial charge in [-0.2, -0.15) is 0 Å². The van der Waals surface area contributed by atoms with Gasteiger partial charge in [-0.3, -0.25) is 0 Å². The van der Waals surface area contributed by atoms with Gasteiger partial charge in [0.25, 0.3) is 0 Å². The van der Waals surface area contributed by atoms with Gasteiger partial charge in [0.1, 0.15) is 0 Å². The summed E-state index contributed by atoms with van der Waals surface area (Å²) in [5.41, 5.74) is 1.51. The van der Waals surface area contributed by atoms with Crippen molar-refractivity contribution < 1.29 is 13.9 Å². The third kappa shape index (κ3) is 3.20. The summed E-state index contributed by atoms with van der Waals surface area (Å²) < 4.78 is 27.8. The molecule has 2 nitrogen and oxygen atoms in total. The smallest absolute Gasteiger partial charge is 0.159 e. The van der Waals surface area contributed by atoms with E-state index in [1.54, 1.807) is 6.07 Å². The van der Waals surface area contributed by atoms with Gasteiger partial charge in [-0.15, -0.1) is 0 Å². The van der Waals surface area contributed by atoms with E-state index in [-0.39, 0.29) is 5.92 Å². The summed E-state index contributed by atoms with van der Waals surface area (Å²) in [7, 11) is 0. The average Bonchev–Trinajstić information content (AvgIpc) is 2.81. The van der Waals surface area contributed by atoms with Crippen molar-refractivity contribution >= 4 is 0 Å². The lowest BCUT2D eigenvalue weighted by atomic mass is 10.0. The van der Waals surface area contributed by atoms with Crippen LogP contribution in [0.25, 0.3) is 0 Å². The van der Waals surface area contributed by atoms with E-state index in [4.69, 9.17) is 0 Å². The van der Waals surface area contributed by atoms with E-state index in [0.29, 0.717) is 12.1 Å². The summed E-state index contributed by atoms with van der Waals surface area (Å²) in [6.07, 6.45) is 3.14. The third-order valence-corrected chi connectivity index (χ3v) is 3.10. The SMILES string of the molecule is CC(C)C(O)c1ccn(Cc2ccc(F)c(F)c2)c1. The number of nitrogens with zero attached hydrogens (tertiary/aromatic N) is 1. The van der Waals surface area contributed by atoms with Gasteiger partial charge in [0, 0.05) is 18.9 Å². The highest BCUT2D eigenvalue weighted by Gasteiger charge is 2.13. The minimum absolute atomic E-state index is 0.138. The minimum Gasteiger partial charge on any atom is -0.388 e. The second kappa shape index (κ2) is 5.53. The Labute approximate surface area is 111 Å². The fourth-order valence-corrected chi connectivity index (χ4v) is 1.97. The molecule has 0 spiro atoms. The summed E-state index contributed by atoms with van der Waals surface area (Å²) in [5.74, 6) is -1.54. The van der Waals surface area contributed by atoms with Crippen LogP contribution in [0.1, 0.15) is 31.1 Å². The molecule has 0 fully saturated rings. The number of halogens is 2. The lowest BCUT2D eigenvalue weighted by Crippen LogP contribution is -2.04. The van der Waals surface area contributed by atoms with Crippen LogP contribution in [-0.4, -0.2) is 9.67 Å². The number of aliphatic hydroxyl groups excluding tert-OH is 1. The molecule has 1 aromatic carbocycles. The van der Waals surface area contributed by atoms with E-state index in [0.717, 1.165) is 11.6 Å². The van der Waals surface area contributed by atoms with Crippen molar-refractivity contribution in [2.75, 3.05) is 0 Å². The van der Waals surface area contributed by atoms with E-state index < -0.39 is 17.7 Å². The van der Waals surface area contributed by atoms with Crippen LogP contribution >= 0.6 is 0 Å². The first-order chi connectivity index (χ1) is 8.97. The Bertz CT molecular complexity index is 563. The Morgan fingerprint density at radius 2 is 1.89 bits per heavy atom. The number of hydrogen-bond acceptors (Lipinski definition) is 1. The van der Waals surface area contributed by atoms with Crippen molar-refractivity contribution in [3.05, 3.63) is 59.4 Å². The Kier molecular flexibility index (Phi) is 4.00. The normalized spacial score (nSPS) is 12.9. The van der Waals surface area contributed by atoms with Crippen LogP contribution in [0.3, 0.4) is 0 Å². The fourth-order valence-electron chi connectivity index (χ4n) is 1.97. The van der Waals surface area contributed by atoms with Crippen molar-refractivity contribution in [3.8, 4) is 0 Å². The topological polar surface area (TPSA) is 25.2 Å². The second-order valence-electron chi connectivity index (χ2n) is 5.05. The van der Waals surface area contributed by atoms with Crippen LogP contribution in [-0.2, 0) is 6.54 Å². The Balaban J connectivity index is 2.13. The highest BCUT2D eigenvalue weighted by Crippen LogP contribution is 2.21. The second-order valence-corrected chi connectivity index (χ2v) is 5.05. The van der Waals surface area contributed by atoms with Gasteiger partial charge >= 0.3 is 0 Å². The minimum atomic E-state index is -0.841. The van der Waals surface area contributed by atoms with E-state index in [9.17, 15) is 13.9 Å². The molecule has 4 heteroatoms. The van der Waals surface area contributed by atoms with Crippen LogP contribution < -0.4 is 0 Å². The van der Waals surface area contributed by atoms with Crippen molar-refractivity contribution in [2.45, 2.75) is 26.5 Å². The maximum Gasteiger partial charge on any atom is 0.159 e. The van der Waals surface area contributed by atoms with Crippen LogP contribution in [0.2, 0.25) is 0 Å². The Morgan fingerprint density at radius 1 is 1.16 bits per heavy atom. The lowest BCUT2D eigenvalue weighted by molar-refractivity contribution is 0.127. The predicted octanol–water partition coefficient (Wildman–Crippen LogP) is 3.50. The van der Waals surface area contributed by atoms with Gasteiger partial charge in [-0.05, 0) is 35.2 Å². The van der Waals surface area contributed by atoms with Crippen LogP contribution in [0.5, 0.6) is 0 Å². The zero-order chi connectivity index (χ0) is 14.0. The Morgan fingerprint density at radius 3 is 2.53 bits per heavy atom. The van der Waals surface area contributed by atoms with Gasteiger partial charge in [-0.25, -0.2) is 8.78 Å². The maximum absolute atomic E-state index is 13.1. The van der Waals surface area contributed by atoms with E-state index >= 15 is 0 Å². The van der Waals surface area contributed by atoms with Crippen LogP contribution in [0, 0.1) is 17.6 Å². The molecular formula is C15H17F2NO. The highest BCUT2D eigenvalue weighted by molar-refractivity contribution is 5.20. The molecule has 2 rings (SSSR count). The number of benzene rings is 1. The molecule has 0 bridgehead atoms. The van der Waals surface area contributed by atoms with Crippen LogP contribution in [0.4, 0.5) is 8.78 Å². The summed E-state index contributed by atoms with van der Waals surface area (Å²) in [4.78, 5) is 0. The van der Waals surface area contributed by atoms with Crippen molar-refractivity contribution in [1.29, 1.82) is 0 Å². The fraction of sp³-hybridized carbons (Fsp3) is 0.333. The highest BCUT2D eigenvalue weighted by atomic mass is 19.2. The number of hydrogen-bond donors (Lipinski definition) is 1. The molecule has 19 heavy (non-hydrogen) atoms. The molecule has 102 valence electrons. The molecule has 1 unspecified atom stereocenters. The van der Waals surface area contributed by atoms with Crippen LogP contribution in [0.15, 0.2) is 36.7 Å². The lowest BCUT2D eigenvalue weighted by Gasteiger charge is -2.12. The maximum atomic E-state index is 13.1. The van der Waals surface area contributed by atoms with Gasteiger partial charge < -0.3 is 9.67 Å². The quantitative estimate of drug-likeness (QED) is 0.899. The van der Waals surface area contributed by atoms with E-state index in [2.05, 4.69) is 0 Å². The zero-order valence-corrected chi connectivity index (χ0v) is 11.0. The summed E-state index contributed by atoms with van der Waals surface area (Å²) in [6, 6.07) is 5.70. The molecule has 0 aliphatic rings. The van der Waals surface area contributed by atoms with Crippen molar-refractivity contribution in [2.24, 2.45) is 5.92 Å². The number of aromatic nitrogens is 1. The van der Waals surface area contributed by atoms with Gasteiger partial charge in [0.2, 0.25) is 0 Å². The standard InChI is InChI=1S/C15H17F2NO/c1-10(2)15(19)12-5-6-18(9-12)8-11-3-4-13(16)14(17)7-11/h3-7,9-10,15,19H,8H2,1-2H3. The summed E-state index contributed by atoms with van der Waals surface area (Å²) in [5, 5.41) is 9.93. The summed E-state index contributed by atoms with van der Waals surface area (Å²) >= 11 is 0. The van der Waals surface area contributed by atoms with Gasteiger partial charge in [-0.1, -0.05) is 19.9 Å². The molecule has 1 heterocycles. The summed E-state index contributed by atoms with van der Waals surface area (Å²) in [6.45, 7) is 4.33. The molecule has 0 saturated carbocycles. The molecule has 0 saturated heterocycles. The van der Waals surface area contributed by atoms with Gasteiger partial charge in [0.05, 0.1) is 6.10 Å². The predicted molar refractivity (Wildman–Crippen MR) is 69.7 cm³/mol. The molecule has 1 N–H and O–H groups in total. The first-order valence-corrected chi connectivity index (χ1v) is 6.25. The third-order valence-electron chi connectivity index (χ3n) is 3.10. The van der Waals surface area contributed by atoms with Gasteiger partial charge in [0.15, 0.2) is 11.6 Å². The van der Waals surface area contributed by atoms with Crippen molar-refractivity contribution in [1.82, 2.24) is 4.57 Å². The number of aliphatic hydroxyl groups is 1. The van der Waals surface area contributed by atoms with Crippen molar-refractivity contribution in [3.63, 3.8) is 0 Å². The molecule has 2 aromatic rings. The first-order valence-electron chi connectivity index (χ1n) is 6.25. The monoisotopic (exact) mass is 265 g/mol. The largest absolute Gasteiger partial charge is 0.388 e. The molecule has 0 aliphatic carbocycles. The molecule has 1 aromatic heterocycles. The molecule has 0 amide bonds. The van der Waals surface area contributed by atoms with E-state index in [1.807, 2.05) is 36.9 Å². The average molecular weight is 265 g/mol. The van der Waals surface area contributed by atoms with E-state index in [1.165, 1.54) is 6.07 Å². The Hall–Kier alpha value is -1.68. The molecule has 0 aliphatic heterocycles. The zero-order valence-electron chi connectivity index (χ0n) is 11.0. The molecule has 1 atom stereocenters. The first kappa shape index (κ1) is 13.7. The number of rotatable bonds is 4. The molecule has 0 radical (unpaired) electrons.